The summed E-state index contributed by atoms with van der Waals surface area (Å²) in [4.78, 5) is 0.377. The number of ether oxygens (including phenoxy) is 1. The first-order valence-corrected chi connectivity index (χ1v) is 8.74. The fourth-order valence-electron chi connectivity index (χ4n) is 2.24. The Labute approximate surface area is 128 Å². The molecule has 0 saturated heterocycles. The second kappa shape index (κ2) is 8.36. The van der Waals surface area contributed by atoms with E-state index in [1.165, 1.54) is 0 Å². The highest BCUT2D eigenvalue weighted by molar-refractivity contribution is 7.89. The molecule has 0 amide bonds. The van der Waals surface area contributed by atoms with E-state index in [0.29, 0.717) is 24.5 Å². The molecule has 1 aromatic carbocycles. The van der Waals surface area contributed by atoms with Crippen molar-refractivity contribution < 1.29 is 13.2 Å². The van der Waals surface area contributed by atoms with E-state index in [1.807, 2.05) is 26.0 Å². The predicted octanol–water partition coefficient (Wildman–Crippen LogP) is 2.44. The molecule has 0 aliphatic rings. The van der Waals surface area contributed by atoms with Crippen LogP contribution in [0.15, 0.2) is 17.0 Å². The molecule has 1 aromatic rings. The Morgan fingerprint density at radius 3 is 2.29 bits per heavy atom. The zero-order valence-electron chi connectivity index (χ0n) is 13.3. The lowest BCUT2D eigenvalue weighted by Crippen LogP contribution is -2.27. The Morgan fingerprint density at radius 1 is 1.14 bits per heavy atom. The average molecular weight is 314 g/mol. The summed E-state index contributed by atoms with van der Waals surface area (Å²) in [5.74, 6) is 0. The van der Waals surface area contributed by atoms with Gasteiger partial charge in [0.25, 0.3) is 0 Å². The Balaban J connectivity index is 2.91. The third-order valence-electron chi connectivity index (χ3n) is 3.13. The van der Waals surface area contributed by atoms with Crippen LogP contribution >= 0.6 is 0 Å². The molecule has 0 heterocycles. The third-order valence-corrected chi connectivity index (χ3v) is 4.89. The van der Waals surface area contributed by atoms with Crippen LogP contribution in [0, 0.1) is 13.8 Å². The molecule has 0 atom stereocenters. The lowest BCUT2D eigenvalue weighted by molar-refractivity contribution is 0.196. The molecule has 0 aliphatic carbocycles. The van der Waals surface area contributed by atoms with Crippen LogP contribution in [0.2, 0.25) is 0 Å². The topological polar surface area (TPSA) is 67.4 Å². The zero-order valence-corrected chi connectivity index (χ0v) is 14.1. The predicted molar refractivity (Wildman–Crippen MR) is 86.4 cm³/mol. The summed E-state index contributed by atoms with van der Waals surface area (Å²) in [6.07, 6.45) is 1.68. The second-order valence-corrected chi connectivity index (χ2v) is 6.81. The highest BCUT2D eigenvalue weighted by atomic mass is 32.2. The quantitative estimate of drug-likeness (QED) is 0.687. The first-order chi connectivity index (χ1) is 9.92. The Morgan fingerprint density at radius 2 is 1.76 bits per heavy atom. The van der Waals surface area contributed by atoms with E-state index in [1.54, 1.807) is 7.11 Å². The highest BCUT2D eigenvalue weighted by Crippen LogP contribution is 2.24. The summed E-state index contributed by atoms with van der Waals surface area (Å²) in [6, 6.07) is 3.76. The second-order valence-electron chi connectivity index (χ2n) is 5.11. The zero-order chi connectivity index (χ0) is 15.9. The number of aryl methyl sites for hydroxylation is 2. The van der Waals surface area contributed by atoms with Crippen LogP contribution in [-0.2, 0) is 14.8 Å². The smallest absolute Gasteiger partial charge is 0.241 e. The molecule has 6 heteroatoms. The average Bonchev–Trinajstić information content (AvgIpc) is 2.40. The molecule has 2 N–H and O–H groups in total. The van der Waals surface area contributed by atoms with Crippen LogP contribution in [0.25, 0.3) is 0 Å². The lowest BCUT2D eigenvalue weighted by atomic mass is 10.1. The van der Waals surface area contributed by atoms with E-state index in [9.17, 15) is 8.42 Å². The maximum atomic E-state index is 12.4. The van der Waals surface area contributed by atoms with Crippen molar-refractivity contribution in [3.63, 3.8) is 0 Å². The molecule has 0 unspecified atom stereocenters. The molecule has 0 spiro atoms. The van der Waals surface area contributed by atoms with Gasteiger partial charge in [-0.25, -0.2) is 13.1 Å². The van der Waals surface area contributed by atoms with Gasteiger partial charge >= 0.3 is 0 Å². The molecule has 0 aliphatic heterocycles. The van der Waals surface area contributed by atoms with Crippen LogP contribution in [0.3, 0.4) is 0 Å². The summed E-state index contributed by atoms with van der Waals surface area (Å²) in [5.41, 5.74) is 2.48. The van der Waals surface area contributed by atoms with E-state index in [4.69, 9.17) is 4.74 Å². The maximum absolute atomic E-state index is 12.4. The Kier molecular flexibility index (Phi) is 7.14. The molecule has 0 fully saturated rings. The molecule has 5 nitrogen and oxygen atoms in total. The van der Waals surface area contributed by atoms with E-state index >= 15 is 0 Å². The summed E-state index contributed by atoms with van der Waals surface area (Å²) in [7, 11) is -1.87. The fourth-order valence-corrected chi connectivity index (χ4v) is 3.76. The number of sulfonamides is 1. The number of hydrogen-bond acceptors (Lipinski definition) is 4. The van der Waals surface area contributed by atoms with E-state index in [2.05, 4.69) is 17.0 Å². The van der Waals surface area contributed by atoms with Crippen molar-refractivity contribution in [2.75, 3.05) is 32.1 Å². The van der Waals surface area contributed by atoms with Crippen molar-refractivity contribution in [3.05, 3.63) is 23.3 Å². The van der Waals surface area contributed by atoms with Crippen LogP contribution < -0.4 is 10.0 Å². The van der Waals surface area contributed by atoms with Crippen molar-refractivity contribution in [1.29, 1.82) is 0 Å². The van der Waals surface area contributed by atoms with E-state index in [-0.39, 0.29) is 0 Å². The lowest BCUT2D eigenvalue weighted by Gasteiger charge is -2.15. The van der Waals surface area contributed by atoms with Crippen molar-refractivity contribution in [3.8, 4) is 0 Å². The summed E-state index contributed by atoms with van der Waals surface area (Å²) in [5, 5.41) is 3.28. The number of anilines is 1. The number of hydrogen-bond donors (Lipinski definition) is 2. The van der Waals surface area contributed by atoms with Crippen LogP contribution in [0.1, 0.15) is 30.9 Å². The van der Waals surface area contributed by atoms with Crippen molar-refractivity contribution in [2.45, 2.75) is 38.5 Å². The van der Waals surface area contributed by atoms with Gasteiger partial charge in [0.2, 0.25) is 10.0 Å². The first kappa shape index (κ1) is 17.9. The maximum Gasteiger partial charge on any atom is 0.241 e. The van der Waals surface area contributed by atoms with Gasteiger partial charge in [-0.3, -0.25) is 0 Å². The minimum atomic E-state index is -3.47. The number of methoxy groups -OCH3 is 1. The molecule has 0 aromatic heterocycles. The van der Waals surface area contributed by atoms with Gasteiger partial charge in [-0.15, -0.1) is 0 Å². The van der Waals surface area contributed by atoms with Gasteiger partial charge in [0.1, 0.15) is 0 Å². The molecule has 0 radical (unpaired) electrons. The number of benzene rings is 1. The minimum Gasteiger partial charge on any atom is -0.385 e. The van der Waals surface area contributed by atoms with Crippen LogP contribution in [-0.4, -0.2) is 35.2 Å². The van der Waals surface area contributed by atoms with Gasteiger partial charge < -0.3 is 10.1 Å². The van der Waals surface area contributed by atoms with Gasteiger partial charge in [-0.05, 0) is 49.9 Å². The molecule has 0 saturated carbocycles. The van der Waals surface area contributed by atoms with Gasteiger partial charge in [0, 0.05) is 32.5 Å². The van der Waals surface area contributed by atoms with Gasteiger partial charge in [0.05, 0.1) is 4.90 Å². The monoisotopic (exact) mass is 314 g/mol. The summed E-state index contributed by atoms with van der Waals surface area (Å²) < 4.78 is 32.3. The van der Waals surface area contributed by atoms with E-state index in [0.717, 1.165) is 29.8 Å². The number of nitrogens with one attached hydrogen (secondary N) is 2. The third kappa shape index (κ3) is 5.30. The SMILES string of the molecule is CCCNc1cc(C)c(S(=O)(=O)NCCCOC)c(C)c1. The molecular weight excluding hydrogens is 288 g/mol. The first-order valence-electron chi connectivity index (χ1n) is 7.26. The van der Waals surface area contributed by atoms with Gasteiger partial charge in [-0.2, -0.15) is 0 Å². The standard InChI is InChI=1S/C15H26N2O3S/c1-5-7-16-14-10-12(2)15(13(3)11-14)21(18,19)17-8-6-9-20-4/h10-11,16-17H,5-9H2,1-4H3. The molecule has 0 bridgehead atoms. The molecule has 120 valence electrons. The van der Waals surface area contributed by atoms with Crippen LogP contribution in [0.5, 0.6) is 0 Å². The highest BCUT2D eigenvalue weighted by Gasteiger charge is 2.19. The van der Waals surface area contributed by atoms with Gasteiger partial charge in [0.15, 0.2) is 0 Å². The molecule has 21 heavy (non-hydrogen) atoms. The van der Waals surface area contributed by atoms with Crippen molar-refractivity contribution in [2.24, 2.45) is 0 Å². The minimum absolute atomic E-state index is 0.377. The largest absolute Gasteiger partial charge is 0.385 e. The van der Waals surface area contributed by atoms with Crippen molar-refractivity contribution in [1.82, 2.24) is 4.72 Å². The van der Waals surface area contributed by atoms with E-state index < -0.39 is 10.0 Å². The molecular formula is C15H26N2O3S. The van der Waals surface area contributed by atoms with Crippen molar-refractivity contribution >= 4 is 15.7 Å². The Bertz CT molecular complexity index is 533. The fraction of sp³-hybridized carbons (Fsp3) is 0.600. The Hall–Kier alpha value is -1.11. The normalized spacial score (nSPS) is 11.6. The summed E-state index contributed by atoms with van der Waals surface area (Å²) >= 11 is 0. The van der Waals surface area contributed by atoms with Gasteiger partial charge in [-0.1, -0.05) is 6.92 Å². The number of rotatable bonds is 9. The van der Waals surface area contributed by atoms with Crippen LogP contribution in [0.4, 0.5) is 5.69 Å². The summed E-state index contributed by atoms with van der Waals surface area (Å²) in [6.45, 7) is 7.54. The molecule has 1 rings (SSSR count).